The number of aliphatic carboxylic acids is 1. The Balaban J connectivity index is 0.00000272. The first-order valence-corrected chi connectivity index (χ1v) is 9.93. The summed E-state index contributed by atoms with van der Waals surface area (Å²) in [5.41, 5.74) is 0.984. The van der Waals surface area contributed by atoms with Gasteiger partial charge in [-0.2, -0.15) is 0 Å². The van der Waals surface area contributed by atoms with E-state index in [0.29, 0.717) is 49.6 Å². The van der Waals surface area contributed by atoms with Crippen molar-refractivity contribution in [3.05, 3.63) is 35.5 Å². The molecule has 0 bridgehead atoms. The zero-order valence-electron chi connectivity index (χ0n) is 17.6. The number of nitrogens with zero attached hydrogens (tertiary/aromatic N) is 2. The molecule has 0 spiro atoms. The number of fused-ring (bicyclic) bond motifs is 1. The molecule has 0 aliphatic carbocycles. The second kappa shape index (κ2) is 9.70. The first kappa shape index (κ1) is 23.7. The number of amides is 2. The van der Waals surface area contributed by atoms with Crippen LogP contribution in [0.25, 0.3) is 5.57 Å². The molecular weight excluding hydrogens is 415 g/mol. The molecule has 3 aliphatic heterocycles. The van der Waals surface area contributed by atoms with Crippen LogP contribution in [0.5, 0.6) is 5.75 Å². The van der Waals surface area contributed by atoms with E-state index in [0.717, 1.165) is 0 Å². The number of β-lactam (4-membered cyclic amide) rings is 1. The van der Waals surface area contributed by atoms with Gasteiger partial charge in [0.1, 0.15) is 5.75 Å². The summed E-state index contributed by atoms with van der Waals surface area (Å²) in [7, 11) is 0. The van der Waals surface area contributed by atoms with E-state index in [1.807, 2.05) is 0 Å². The predicted molar refractivity (Wildman–Crippen MR) is 102 cm³/mol. The van der Waals surface area contributed by atoms with Crippen LogP contribution < -0.4 is 39.4 Å². The summed E-state index contributed by atoms with van der Waals surface area (Å²) in [4.78, 5) is 39.1. The van der Waals surface area contributed by atoms with Gasteiger partial charge in [0.05, 0.1) is 42.9 Å². The third-order valence-electron chi connectivity index (χ3n) is 5.85. The van der Waals surface area contributed by atoms with Gasteiger partial charge in [-0.1, -0.05) is 12.1 Å². The number of ether oxygens (including phenoxy) is 2. The van der Waals surface area contributed by atoms with Gasteiger partial charge >= 0.3 is 29.6 Å². The van der Waals surface area contributed by atoms with Gasteiger partial charge in [-0.15, -0.1) is 0 Å². The minimum atomic E-state index is -1.42. The summed E-state index contributed by atoms with van der Waals surface area (Å²) in [6, 6.07) is 6.33. The van der Waals surface area contributed by atoms with Gasteiger partial charge in [0, 0.05) is 13.1 Å². The molecule has 2 saturated heterocycles. The van der Waals surface area contributed by atoms with E-state index in [-0.39, 0.29) is 53.8 Å². The minimum absolute atomic E-state index is 0. The second-order valence-electron chi connectivity index (χ2n) is 7.67. The number of aliphatic hydroxyl groups excluding tert-OH is 1. The molecule has 9 nitrogen and oxygen atoms in total. The third kappa shape index (κ3) is 4.51. The summed E-state index contributed by atoms with van der Waals surface area (Å²) < 4.78 is 10.8. The molecule has 1 N–H and O–H groups in total. The van der Waals surface area contributed by atoms with Crippen molar-refractivity contribution in [2.45, 2.75) is 25.5 Å². The van der Waals surface area contributed by atoms with E-state index in [1.54, 1.807) is 29.2 Å². The molecule has 0 saturated carbocycles. The summed E-state index contributed by atoms with van der Waals surface area (Å²) in [6.45, 7) is 3.57. The maximum absolute atomic E-state index is 12.3. The van der Waals surface area contributed by atoms with Gasteiger partial charge in [0.25, 0.3) is 5.91 Å². The molecule has 2 amide bonds. The number of carboxylic acids is 1. The number of hydrogen-bond acceptors (Lipinski definition) is 7. The van der Waals surface area contributed by atoms with Crippen molar-refractivity contribution >= 4 is 23.4 Å². The second-order valence-corrected chi connectivity index (χ2v) is 7.67. The Kier molecular flexibility index (Phi) is 7.43. The number of aliphatic hydroxyl groups is 1. The van der Waals surface area contributed by atoms with Crippen LogP contribution in [0.2, 0.25) is 0 Å². The smallest absolute Gasteiger partial charge is 0.543 e. The number of hydrogen-bond donors (Lipinski definition) is 1. The van der Waals surface area contributed by atoms with Crippen LogP contribution in [0.1, 0.15) is 18.9 Å². The van der Waals surface area contributed by atoms with Crippen LogP contribution in [-0.2, 0) is 19.1 Å². The molecule has 2 fully saturated rings. The average molecular weight is 438 g/mol. The molecule has 1 aromatic rings. The Bertz CT molecular complexity index is 893. The fourth-order valence-electron chi connectivity index (χ4n) is 4.32. The summed E-state index contributed by atoms with van der Waals surface area (Å²) in [5, 5.41) is 21.5. The van der Waals surface area contributed by atoms with Gasteiger partial charge in [-0.05, 0) is 36.6 Å². The first-order valence-electron chi connectivity index (χ1n) is 9.93. The molecule has 0 radical (unpaired) electrons. The molecular formula is C21H23N2NaO7. The fourth-order valence-corrected chi connectivity index (χ4v) is 4.32. The Morgan fingerprint density at radius 1 is 1.26 bits per heavy atom. The molecule has 1 aromatic carbocycles. The molecule has 3 heterocycles. The van der Waals surface area contributed by atoms with Crippen molar-refractivity contribution in [1.29, 1.82) is 0 Å². The van der Waals surface area contributed by atoms with Crippen molar-refractivity contribution in [3.8, 4) is 5.75 Å². The summed E-state index contributed by atoms with van der Waals surface area (Å²) >= 11 is 0. The monoisotopic (exact) mass is 438 g/mol. The van der Waals surface area contributed by atoms with Gasteiger partial charge in [-0.3, -0.25) is 9.59 Å². The van der Waals surface area contributed by atoms with E-state index in [1.165, 1.54) is 11.8 Å². The van der Waals surface area contributed by atoms with Crippen LogP contribution in [0.4, 0.5) is 0 Å². The zero-order valence-corrected chi connectivity index (χ0v) is 19.6. The summed E-state index contributed by atoms with van der Waals surface area (Å²) in [6.07, 6.45) is -0.513. The Hall–Kier alpha value is -1.91. The number of morpholine rings is 1. The van der Waals surface area contributed by atoms with Crippen molar-refractivity contribution in [2.24, 2.45) is 5.92 Å². The number of carbonyl (C=O) groups is 3. The molecule has 160 valence electrons. The van der Waals surface area contributed by atoms with Crippen LogP contribution in [0.3, 0.4) is 0 Å². The number of carbonyl (C=O) groups excluding carboxylic acids is 3. The topological polar surface area (TPSA) is 119 Å². The van der Waals surface area contributed by atoms with Gasteiger partial charge in [-0.25, -0.2) is 0 Å². The Labute approximate surface area is 201 Å². The van der Waals surface area contributed by atoms with Crippen LogP contribution >= 0.6 is 0 Å². The number of rotatable bonds is 6. The van der Waals surface area contributed by atoms with Crippen molar-refractivity contribution in [2.75, 3.05) is 32.9 Å². The Morgan fingerprint density at radius 3 is 2.48 bits per heavy atom. The Morgan fingerprint density at radius 2 is 1.90 bits per heavy atom. The quantitative estimate of drug-likeness (QED) is 0.355. The van der Waals surface area contributed by atoms with Gasteiger partial charge in [0.2, 0.25) is 5.91 Å². The molecule has 31 heavy (non-hydrogen) atoms. The minimum Gasteiger partial charge on any atom is -0.543 e. The third-order valence-corrected chi connectivity index (χ3v) is 5.85. The van der Waals surface area contributed by atoms with E-state index in [9.17, 15) is 24.6 Å². The molecule has 0 unspecified atom stereocenters. The zero-order chi connectivity index (χ0) is 21.4. The van der Waals surface area contributed by atoms with E-state index in [2.05, 4.69) is 0 Å². The maximum atomic E-state index is 12.3. The van der Waals surface area contributed by atoms with Gasteiger partial charge in [0.15, 0.2) is 6.61 Å². The van der Waals surface area contributed by atoms with Crippen molar-refractivity contribution in [1.82, 2.24) is 9.80 Å². The number of carboxylic acid groups (broad SMARTS) is 1. The molecule has 4 rings (SSSR count). The SMILES string of the molecule is C[C@@H](O)[C@H]1C(=O)N2C(C(=O)[O-])=C(c3ccc(OCC(=O)N4CCOCC4)cc3)C[C@H]12.[Na+]. The standard InChI is InChI=1S/C21H24N2O7.Na/c1-12(24)18-16-10-15(19(21(27)28)23(16)20(18)26)13-2-4-14(5-3-13)30-11-17(25)22-6-8-29-9-7-22;/h2-5,12,16,18,24H,6-11H2,1H3,(H,27,28);/q;+1/p-1/t12-,16-,18-;/m1./s1. The largest absolute Gasteiger partial charge is 1.00 e. The summed E-state index contributed by atoms with van der Waals surface area (Å²) in [5.74, 6) is -2.06. The first-order chi connectivity index (χ1) is 14.4. The molecule has 10 heteroatoms. The van der Waals surface area contributed by atoms with Crippen molar-refractivity contribution in [3.63, 3.8) is 0 Å². The maximum Gasteiger partial charge on any atom is 1.00 e. The van der Waals surface area contributed by atoms with Crippen LogP contribution in [0.15, 0.2) is 30.0 Å². The normalized spacial score (nSPS) is 23.6. The molecule has 0 aromatic heterocycles. The molecule has 3 aliphatic rings. The van der Waals surface area contributed by atoms with Crippen LogP contribution in [0, 0.1) is 5.92 Å². The van der Waals surface area contributed by atoms with E-state index in [4.69, 9.17) is 9.47 Å². The average Bonchev–Trinajstić information content (AvgIpc) is 3.08. The van der Waals surface area contributed by atoms with Gasteiger partial charge < -0.3 is 34.3 Å². The van der Waals surface area contributed by atoms with Crippen molar-refractivity contribution < 1.29 is 63.6 Å². The van der Waals surface area contributed by atoms with E-state index >= 15 is 0 Å². The fraction of sp³-hybridized carbons (Fsp3) is 0.476. The van der Waals surface area contributed by atoms with Crippen LogP contribution in [-0.4, -0.2) is 77.7 Å². The molecule has 3 atom stereocenters. The number of benzene rings is 1. The predicted octanol–water partition coefficient (Wildman–Crippen LogP) is -4.00. The van der Waals surface area contributed by atoms with E-state index < -0.39 is 23.9 Å².